The van der Waals surface area contributed by atoms with Gasteiger partial charge in [0.15, 0.2) is 0 Å². The van der Waals surface area contributed by atoms with E-state index in [0.717, 1.165) is 25.9 Å². The molecule has 0 unspecified atom stereocenters. The number of benzene rings is 2. The number of hydrogen-bond donors (Lipinski definition) is 1. The molecule has 4 heteroatoms. The minimum atomic E-state index is -0.198. The SMILES string of the molecule is CC(C)(C)c1ccc(C(=O)Nc2ccccc2C(=O)N2CCCCCC2)cc1. The zero-order valence-corrected chi connectivity index (χ0v) is 17.1. The lowest BCUT2D eigenvalue weighted by molar-refractivity contribution is 0.0762. The smallest absolute Gasteiger partial charge is 0.255 e. The van der Waals surface area contributed by atoms with Crippen LogP contribution >= 0.6 is 0 Å². The Balaban J connectivity index is 1.77. The molecule has 4 nitrogen and oxygen atoms in total. The largest absolute Gasteiger partial charge is 0.339 e. The molecule has 1 fully saturated rings. The molecule has 1 aliphatic heterocycles. The lowest BCUT2D eigenvalue weighted by Crippen LogP contribution is -2.32. The highest BCUT2D eigenvalue weighted by atomic mass is 16.2. The summed E-state index contributed by atoms with van der Waals surface area (Å²) in [7, 11) is 0. The van der Waals surface area contributed by atoms with Crippen molar-refractivity contribution in [3.63, 3.8) is 0 Å². The van der Waals surface area contributed by atoms with Crippen LogP contribution in [0.4, 0.5) is 5.69 Å². The number of likely N-dealkylation sites (tertiary alicyclic amines) is 1. The van der Waals surface area contributed by atoms with Crippen molar-refractivity contribution >= 4 is 17.5 Å². The molecule has 1 aliphatic rings. The molecule has 148 valence electrons. The maximum atomic E-state index is 13.0. The summed E-state index contributed by atoms with van der Waals surface area (Å²) < 4.78 is 0. The predicted molar refractivity (Wildman–Crippen MR) is 114 cm³/mol. The highest BCUT2D eigenvalue weighted by Gasteiger charge is 2.21. The number of para-hydroxylation sites is 1. The first-order valence-corrected chi connectivity index (χ1v) is 10.2. The van der Waals surface area contributed by atoms with Gasteiger partial charge in [-0.15, -0.1) is 0 Å². The number of amides is 2. The molecule has 2 aromatic rings. The van der Waals surface area contributed by atoms with Crippen molar-refractivity contribution < 1.29 is 9.59 Å². The summed E-state index contributed by atoms with van der Waals surface area (Å²) >= 11 is 0. The normalized spacial score (nSPS) is 15.0. The number of carbonyl (C=O) groups is 2. The van der Waals surface area contributed by atoms with Gasteiger partial charge in [0.2, 0.25) is 0 Å². The van der Waals surface area contributed by atoms with Crippen molar-refractivity contribution in [2.24, 2.45) is 0 Å². The van der Waals surface area contributed by atoms with Gasteiger partial charge in [-0.1, -0.05) is 57.9 Å². The fraction of sp³-hybridized carbons (Fsp3) is 0.417. The quantitative estimate of drug-likeness (QED) is 0.793. The highest BCUT2D eigenvalue weighted by molar-refractivity contribution is 6.09. The van der Waals surface area contributed by atoms with Crippen molar-refractivity contribution in [2.75, 3.05) is 18.4 Å². The van der Waals surface area contributed by atoms with E-state index in [0.29, 0.717) is 16.8 Å². The van der Waals surface area contributed by atoms with Gasteiger partial charge in [0.1, 0.15) is 0 Å². The molecule has 0 bridgehead atoms. The molecule has 0 radical (unpaired) electrons. The number of nitrogens with zero attached hydrogens (tertiary/aromatic N) is 1. The third-order valence-electron chi connectivity index (χ3n) is 5.31. The van der Waals surface area contributed by atoms with Gasteiger partial charge in [-0.25, -0.2) is 0 Å². The summed E-state index contributed by atoms with van der Waals surface area (Å²) in [6, 6.07) is 14.9. The summed E-state index contributed by atoms with van der Waals surface area (Å²) in [5, 5.41) is 2.93. The Morgan fingerprint density at radius 2 is 1.46 bits per heavy atom. The van der Waals surface area contributed by atoms with Gasteiger partial charge < -0.3 is 10.2 Å². The Morgan fingerprint density at radius 3 is 2.07 bits per heavy atom. The van der Waals surface area contributed by atoms with Crippen molar-refractivity contribution in [3.05, 3.63) is 65.2 Å². The Bertz CT molecular complexity index is 826. The van der Waals surface area contributed by atoms with E-state index in [1.54, 1.807) is 12.1 Å². The number of nitrogens with one attached hydrogen (secondary N) is 1. The van der Waals surface area contributed by atoms with Gasteiger partial charge in [0.05, 0.1) is 11.3 Å². The molecule has 28 heavy (non-hydrogen) atoms. The van der Waals surface area contributed by atoms with Crippen molar-refractivity contribution in [3.8, 4) is 0 Å². The van der Waals surface area contributed by atoms with Crippen LogP contribution in [0.15, 0.2) is 48.5 Å². The van der Waals surface area contributed by atoms with Crippen LogP contribution in [-0.2, 0) is 5.41 Å². The molecule has 1 saturated heterocycles. The van der Waals surface area contributed by atoms with E-state index in [-0.39, 0.29) is 17.2 Å². The lowest BCUT2D eigenvalue weighted by Gasteiger charge is -2.22. The zero-order valence-electron chi connectivity index (χ0n) is 17.1. The number of rotatable bonds is 3. The monoisotopic (exact) mass is 378 g/mol. The minimum Gasteiger partial charge on any atom is -0.339 e. The Kier molecular flexibility index (Phi) is 6.18. The molecule has 0 aliphatic carbocycles. The van der Waals surface area contributed by atoms with E-state index in [4.69, 9.17) is 0 Å². The summed E-state index contributed by atoms with van der Waals surface area (Å²) in [5.41, 5.74) is 2.94. The van der Waals surface area contributed by atoms with Gasteiger partial charge in [0, 0.05) is 18.7 Å². The maximum absolute atomic E-state index is 13.0. The second-order valence-corrected chi connectivity index (χ2v) is 8.53. The first kappa shape index (κ1) is 20.1. The number of anilines is 1. The van der Waals surface area contributed by atoms with Crippen LogP contribution in [0.5, 0.6) is 0 Å². The summed E-state index contributed by atoms with van der Waals surface area (Å²) in [6.45, 7) is 8.01. The third-order valence-corrected chi connectivity index (χ3v) is 5.31. The van der Waals surface area contributed by atoms with E-state index < -0.39 is 0 Å². The van der Waals surface area contributed by atoms with Crippen LogP contribution in [-0.4, -0.2) is 29.8 Å². The summed E-state index contributed by atoms with van der Waals surface area (Å²) in [4.78, 5) is 27.7. The molecule has 0 saturated carbocycles. The molecule has 3 rings (SSSR count). The average Bonchev–Trinajstić information content (AvgIpc) is 2.97. The van der Waals surface area contributed by atoms with E-state index in [9.17, 15) is 9.59 Å². The van der Waals surface area contributed by atoms with E-state index in [1.165, 1.54) is 18.4 Å². The minimum absolute atomic E-state index is 0.000815. The van der Waals surface area contributed by atoms with Crippen molar-refractivity contribution in [1.29, 1.82) is 0 Å². The van der Waals surface area contributed by atoms with E-state index in [1.807, 2.05) is 41.3 Å². The van der Waals surface area contributed by atoms with Crippen LogP contribution in [0.1, 0.15) is 72.7 Å². The average molecular weight is 379 g/mol. The first-order valence-electron chi connectivity index (χ1n) is 10.2. The molecular weight excluding hydrogens is 348 g/mol. The van der Waals surface area contributed by atoms with Crippen molar-refractivity contribution in [2.45, 2.75) is 51.9 Å². The molecule has 1 N–H and O–H groups in total. The van der Waals surface area contributed by atoms with Crippen LogP contribution in [0.3, 0.4) is 0 Å². The predicted octanol–water partition coefficient (Wildman–Crippen LogP) is 5.25. The Morgan fingerprint density at radius 1 is 0.857 bits per heavy atom. The van der Waals surface area contributed by atoms with Crippen molar-refractivity contribution in [1.82, 2.24) is 4.90 Å². The first-order chi connectivity index (χ1) is 13.4. The van der Waals surface area contributed by atoms with Gasteiger partial charge in [-0.2, -0.15) is 0 Å². The van der Waals surface area contributed by atoms with Crippen LogP contribution in [0.25, 0.3) is 0 Å². The van der Waals surface area contributed by atoms with Gasteiger partial charge in [-0.05, 0) is 48.1 Å². The lowest BCUT2D eigenvalue weighted by atomic mass is 9.86. The molecule has 0 aromatic heterocycles. The second-order valence-electron chi connectivity index (χ2n) is 8.53. The topological polar surface area (TPSA) is 49.4 Å². The van der Waals surface area contributed by atoms with Crippen LogP contribution in [0.2, 0.25) is 0 Å². The van der Waals surface area contributed by atoms with Gasteiger partial charge in [-0.3, -0.25) is 9.59 Å². The zero-order chi connectivity index (χ0) is 20.1. The summed E-state index contributed by atoms with van der Waals surface area (Å²) in [5.74, 6) is -0.197. The Labute approximate surface area is 167 Å². The number of carbonyl (C=O) groups excluding carboxylic acids is 2. The van der Waals surface area contributed by atoms with E-state index in [2.05, 4.69) is 26.1 Å². The van der Waals surface area contributed by atoms with E-state index >= 15 is 0 Å². The molecule has 0 spiro atoms. The van der Waals surface area contributed by atoms with Crippen LogP contribution in [0, 0.1) is 0 Å². The standard InChI is InChI=1S/C24H30N2O2/c1-24(2,3)19-14-12-18(13-15-19)22(27)25-21-11-7-6-10-20(21)23(28)26-16-8-4-5-9-17-26/h6-7,10-15H,4-5,8-9,16-17H2,1-3H3,(H,25,27). The highest BCUT2D eigenvalue weighted by Crippen LogP contribution is 2.24. The maximum Gasteiger partial charge on any atom is 0.255 e. The summed E-state index contributed by atoms with van der Waals surface area (Å²) in [6.07, 6.45) is 4.43. The van der Waals surface area contributed by atoms with Crippen LogP contribution < -0.4 is 5.32 Å². The third kappa shape index (κ3) is 4.80. The number of hydrogen-bond acceptors (Lipinski definition) is 2. The molecule has 1 heterocycles. The second kappa shape index (κ2) is 8.59. The van der Waals surface area contributed by atoms with Gasteiger partial charge >= 0.3 is 0 Å². The fourth-order valence-corrected chi connectivity index (χ4v) is 3.54. The molecular formula is C24H30N2O2. The molecule has 2 aromatic carbocycles. The molecule has 2 amide bonds. The molecule has 0 atom stereocenters. The van der Waals surface area contributed by atoms with Gasteiger partial charge in [0.25, 0.3) is 11.8 Å². The fourth-order valence-electron chi connectivity index (χ4n) is 3.54. The Hall–Kier alpha value is -2.62.